The molecule has 1 aliphatic rings. The molecule has 2 N–H and O–H groups in total. The van der Waals surface area contributed by atoms with Gasteiger partial charge in [0.1, 0.15) is 11.5 Å². The predicted molar refractivity (Wildman–Crippen MR) is 83.7 cm³/mol. The first-order valence-electron chi connectivity index (χ1n) is 7.44. The second-order valence-electron chi connectivity index (χ2n) is 5.41. The van der Waals surface area contributed by atoms with Crippen molar-refractivity contribution < 1.29 is 14.3 Å². The van der Waals surface area contributed by atoms with Crippen LogP contribution in [0.25, 0.3) is 0 Å². The van der Waals surface area contributed by atoms with E-state index >= 15 is 0 Å². The Balaban J connectivity index is 1.76. The minimum absolute atomic E-state index is 0.153. The molecule has 1 aliphatic heterocycles. The van der Waals surface area contributed by atoms with E-state index in [-0.39, 0.29) is 17.9 Å². The van der Waals surface area contributed by atoms with Crippen molar-refractivity contribution in [1.29, 1.82) is 0 Å². The van der Waals surface area contributed by atoms with Crippen LogP contribution >= 0.6 is 0 Å². The highest BCUT2D eigenvalue weighted by atomic mass is 16.5. The van der Waals surface area contributed by atoms with Crippen LogP contribution in [-0.4, -0.2) is 30.2 Å². The minimum atomic E-state index is -0.222. The van der Waals surface area contributed by atoms with Gasteiger partial charge in [0.25, 0.3) is 5.91 Å². The van der Waals surface area contributed by atoms with Crippen molar-refractivity contribution in [2.24, 2.45) is 5.10 Å². The molecule has 1 heterocycles. The Hall–Kier alpha value is -2.37. The molecule has 0 aromatic heterocycles. The molecule has 1 aromatic carbocycles. The largest absolute Gasteiger partial charge is 0.491 e. The number of carbonyl (C=O) groups excluding carboxylic acids is 2. The molecule has 0 saturated heterocycles. The lowest BCUT2D eigenvalue weighted by Crippen LogP contribution is -2.37. The minimum Gasteiger partial charge on any atom is -0.491 e. The molecule has 2 rings (SSSR count). The van der Waals surface area contributed by atoms with Crippen LogP contribution in [0, 0.1) is 0 Å². The van der Waals surface area contributed by atoms with Gasteiger partial charge >= 0.3 is 0 Å². The number of rotatable bonds is 6. The maximum absolute atomic E-state index is 11.9. The molecule has 22 heavy (non-hydrogen) atoms. The maximum Gasteiger partial charge on any atom is 0.267 e. The van der Waals surface area contributed by atoms with Crippen LogP contribution in [0.1, 0.15) is 32.3 Å². The first-order valence-corrected chi connectivity index (χ1v) is 7.44. The van der Waals surface area contributed by atoms with E-state index in [1.807, 2.05) is 38.1 Å². The highest BCUT2D eigenvalue weighted by molar-refractivity contribution is 6.39. The monoisotopic (exact) mass is 303 g/mol. The first-order chi connectivity index (χ1) is 10.5. The molecule has 1 aromatic rings. The molecule has 0 spiro atoms. The Kier molecular flexibility index (Phi) is 5.52. The number of benzene rings is 1. The van der Waals surface area contributed by atoms with Gasteiger partial charge in [0.05, 0.1) is 6.10 Å². The van der Waals surface area contributed by atoms with E-state index in [2.05, 4.69) is 15.8 Å². The molecule has 0 fully saturated rings. The third-order valence-electron chi connectivity index (χ3n) is 3.16. The molecule has 118 valence electrons. The first kappa shape index (κ1) is 16.0. The molecule has 6 nitrogen and oxygen atoms in total. The molecule has 0 bridgehead atoms. The van der Waals surface area contributed by atoms with Gasteiger partial charge in [-0.1, -0.05) is 12.1 Å². The number of hydrazone groups is 1. The quantitative estimate of drug-likeness (QED) is 0.833. The van der Waals surface area contributed by atoms with E-state index in [4.69, 9.17) is 4.74 Å². The van der Waals surface area contributed by atoms with E-state index < -0.39 is 0 Å². The van der Waals surface area contributed by atoms with Crippen molar-refractivity contribution in [3.63, 3.8) is 0 Å². The summed E-state index contributed by atoms with van der Waals surface area (Å²) in [6, 6.07) is 7.83. The van der Waals surface area contributed by atoms with Gasteiger partial charge in [-0.15, -0.1) is 0 Å². The molecular formula is C16H21N3O3. The Labute approximate surface area is 129 Å². The summed E-state index contributed by atoms with van der Waals surface area (Å²) in [5, 5.41) is 6.57. The third kappa shape index (κ3) is 4.87. The van der Waals surface area contributed by atoms with Crippen molar-refractivity contribution in [2.75, 3.05) is 6.54 Å². The van der Waals surface area contributed by atoms with E-state index in [0.717, 1.165) is 17.7 Å². The van der Waals surface area contributed by atoms with Crippen LogP contribution < -0.4 is 15.5 Å². The zero-order chi connectivity index (χ0) is 15.9. The number of ether oxygens (including phenoxy) is 1. The Morgan fingerprint density at radius 1 is 1.32 bits per heavy atom. The molecule has 2 amide bonds. The van der Waals surface area contributed by atoms with Gasteiger partial charge < -0.3 is 10.1 Å². The fraction of sp³-hybridized carbons (Fsp3) is 0.438. The van der Waals surface area contributed by atoms with E-state index in [9.17, 15) is 9.59 Å². The maximum atomic E-state index is 11.9. The number of hydrogen-bond acceptors (Lipinski definition) is 4. The summed E-state index contributed by atoms with van der Waals surface area (Å²) in [6.45, 7) is 4.50. The summed E-state index contributed by atoms with van der Waals surface area (Å²) in [5.74, 6) is 0.468. The smallest absolute Gasteiger partial charge is 0.267 e. The van der Waals surface area contributed by atoms with Crippen molar-refractivity contribution in [1.82, 2.24) is 10.7 Å². The van der Waals surface area contributed by atoms with E-state index in [0.29, 0.717) is 25.1 Å². The molecule has 0 atom stereocenters. The Morgan fingerprint density at radius 3 is 2.64 bits per heavy atom. The number of carbonyl (C=O) groups is 2. The topological polar surface area (TPSA) is 79.8 Å². The lowest BCUT2D eigenvalue weighted by Gasteiger charge is -2.12. The summed E-state index contributed by atoms with van der Waals surface area (Å²) < 4.78 is 5.58. The summed E-state index contributed by atoms with van der Waals surface area (Å²) in [5.41, 5.74) is 3.81. The predicted octanol–water partition coefficient (Wildman–Crippen LogP) is 1.40. The average Bonchev–Trinajstić information content (AvgIpc) is 2.49. The van der Waals surface area contributed by atoms with Gasteiger partial charge in [0.15, 0.2) is 0 Å². The van der Waals surface area contributed by atoms with Crippen LogP contribution in [0.4, 0.5) is 0 Å². The lowest BCUT2D eigenvalue weighted by atomic mass is 10.1. The van der Waals surface area contributed by atoms with Crippen LogP contribution in [-0.2, 0) is 16.0 Å². The van der Waals surface area contributed by atoms with Crippen molar-refractivity contribution in [2.45, 2.75) is 39.2 Å². The van der Waals surface area contributed by atoms with Gasteiger partial charge in [0.2, 0.25) is 5.91 Å². The number of amides is 2. The zero-order valence-corrected chi connectivity index (χ0v) is 12.9. The van der Waals surface area contributed by atoms with Crippen molar-refractivity contribution in [3.8, 4) is 5.75 Å². The van der Waals surface area contributed by atoms with Gasteiger partial charge in [-0.3, -0.25) is 9.59 Å². The molecular weight excluding hydrogens is 282 g/mol. The van der Waals surface area contributed by atoms with Crippen LogP contribution in [0.3, 0.4) is 0 Å². The summed E-state index contributed by atoms with van der Waals surface area (Å²) in [7, 11) is 0. The number of nitrogens with zero attached hydrogens (tertiary/aromatic N) is 1. The SMILES string of the molecule is CC(C)Oc1ccc(CCNC(=O)C2=NNC(=O)CC2)cc1. The summed E-state index contributed by atoms with van der Waals surface area (Å²) in [4.78, 5) is 22.8. The lowest BCUT2D eigenvalue weighted by molar-refractivity contribution is -0.121. The van der Waals surface area contributed by atoms with Gasteiger partial charge in [0, 0.05) is 19.4 Å². The molecule has 6 heteroatoms. The van der Waals surface area contributed by atoms with Gasteiger partial charge in [-0.2, -0.15) is 5.10 Å². The second-order valence-corrected chi connectivity index (χ2v) is 5.41. The summed E-state index contributed by atoms with van der Waals surface area (Å²) >= 11 is 0. The average molecular weight is 303 g/mol. The Bertz CT molecular complexity index is 565. The normalized spacial score (nSPS) is 14.3. The molecule has 0 unspecified atom stereocenters. The standard InChI is InChI=1S/C16H21N3O3/c1-11(2)22-13-5-3-12(4-6-13)9-10-17-16(21)14-7-8-15(20)19-18-14/h3-6,11H,7-10H2,1-2H3,(H,17,21)(H,19,20). The Morgan fingerprint density at radius 2 is 2.05 bits per heavy atom. The fourth-order valence-corrected chi connectivity index (χ4v) is 2.07. The van der Waals surface area contributed by atoms with Crippen molar-refractivity contribution >= 4 is 17.5 Å². The zero-order valence-electron chi connectivity index (χ0n) is 12.9. The van der Waals surface area contributed by atoms with Crippen LogP contribution in [0.2, 0.25) is 0 Å². The number of hydrogen-bond donors (Lipinski definition) is 2. The summed E-state index contributed by atoms with van der Waals surface area (Å²) in [6.07, 6.45) is 1.58. The number of nitrogens with one attached hydrogen (secondary N) is 2. The van der Waals surface area contributed by atoms with Gasteiger partial charge in [-0.05, 0) is 38.0 Å². The molecule has 0 aliphatic carbocycles. The fourth-order valence-electron chi connectivity index (χ4n) is 2.07. The molecule has 0 saturated carbocycles. The second kappa shape index (κ2) is 7.59. The molecule has 0 radical (unpaired) electrons. The van der Waals surface area contributed by atoms with Crippen LogP contribution in [0.5, 0.6) is 5.75 Å². The van der Waals surface area contributed by atoms with Crippen molar-refractivity contribution in [3.05, 3.63) is 29.8 Å². The highest BCUT2D eigenvalue weighted by Gasteiger charge is 2.17. The third-order valence-corrected chi connectivity index (χ3v) is 3.16. The van der Waals surface area contributed by atoms with Crippen LogP contribution in [0.15, 0.2) is 29.4 Å². The van der Waals surface area contributed by atoms with Gasteiger partial charge in [-0.25, -0.2) is 5.43 Å². The van der Waals surface area contributed by atoms with E-state index in [1.165, 1.54) is 0 Å². The van der Waals surface area contributed by atoms with E-state index in [1.54, 1.807) is 0 Å². The highest BCUT2D eigenvalue weighted by Crippen LogP contribution is 2.14.